The van der Waals surface area contributed by atoms with Crippen LogP contribution in [-0.4, -0.2) is 6.61 Å². The molecule has 1 heteroatoms. The van der Waals surface area contributed by atoms with E-state index < -0.39 is 0 Å². The van der Waals surface area contributed by atoms with Gasteiger partial charge in [0.25, 0.3) is 0 Å². The molecular weight excluding hydrogens is 208 g/mol. The molecule has 0 saturated carbocycles. The molecular formula is C16H24O. The average Bonchev–Trinajstić information content (AvgIpc) is 2.28. The maximum absolute atomic E-state index is 5.68. The molecule has 0 atom stereocenters. The smallest absolute Gasteiger partial charge is 0.119 e. The lowest BCUT2D eigenvalue weighted by Crippen LogP contribution is -2.04. The third kappa shape index (κ3) is 4.26. The van der Waals surface area contributed by atoms with Gasteiger partial charge >= 0.3 is 0 Å². The number of allylic oxidation sites excluding steroid dienone is 2. The monoisotopic (exact) mass is 232 g/mol. The van der Waals surface area contributed by atoms with Gasteiger partial charge in [-0.3, -0.25) is 0 Å². The minimum Gasteiger partial charge on any atom is -0.493 e. The number of hydrogen-bond donors (Lipinski definition) is 0. The molecule has 0 fully saturated rings. The summed E-state index contributed by atoms with van der Waals surface area (Å²) in [6, 6.07) is 8.41. The molecule has 0 spiro atoms. The fraction of sp³-hybridized carbons (Fsp3) is 0.500. The third-order valence-electron chi connectivity index (χ3n) is 2.70. The Labute approximate surface area is 106 Å². The highest BCUT2D eigenvalue weighted by Gasteiger charge is 2.05. The van der Waals surface area contributed by atoms with Crippen molar-refractivity contribution in [3.05, 3.63) is 35.9 Å². The van der Waals surface area contributed by atoms with E-state index in [9.17, 15) is 0 Å². The molecule has 1 nitrogen and oxygen atoms in total. The molecule has 0 heterocycles. The highest BCUT2D eigenvalue weighted by molar-refractivity contribution is 5.67. The second-order valence-electron chi connectivity index (χ2n) is 5.13. The first-order valence-electron chi connectivity index (χ1n) is 6.44. The molecule has 0 aliphatic heterocycles. The normalized spacial score (nSPS) is 12.3. The summed E-state index contributed by atoms with van der Waals surface area (Å²) >= 11 is 0. The summed E-state index contributed by atoms with van der Waals surface area (Å²) in [7, 11) is 0. The van der Waals surface area contributed by atoms with Crippen LogP contribution in [0.2, 0.25) is 0 Å². The molecule has 0 N–H and O–H groups in total. The zero-order valence-electron chi connectivity index (χ0n) is 11.7. The first-order chi connectivity index (χ1) is 8.04. The van der Waals surface area contributed by atoms with Crippen molar-refractivity contribution < 1.29 is 4.74 Å². The maximum Gasteiger partial charge on any atom is 0.119 e. The molecule has 0 unspecified atom stereocenters. The van der Waals surface area contributed by atoms with Gasteiger partial charge in [0, 0.05) is 0 Å². The maximum atomic E-state index is 5.68. The minimum atomic E-state index is 0.558. The summed E-state index contributed by atoms with van der Waals surface area (Å²) in [4.78, 5) is 0. The van der Waals surface area contributed by atoms with Crippen molar-refractivity contribution in [3.63, 3.8) is 0 Å². The molecule has 0 amide bonds. The summed E-state index contributed by atoms with van der Waals surface area (Å²) in [5.41, 5.74) is 2.68. The van der Waals surface area contributed by atoms with E-state index in [0.717, 1.165) is 12.4 Å². The van der Waals surface area contributed by atoms with Gasteiger partial charge in [-0.15, -0.1) is 0 Å². The van der Waals surface area contributed by atoms with Crippen LogP contribution >= 0.6 is 0 Å². The molecule has 0 aliphatic rings. The van der Waals surface area contributed by atoms with Crippen molar-refractivity contribution in [2.24, 2.45) is 11.8 Å². The molecule has 0 saturated heterocycles. The number of ether oxygens (including phenoxy) is 1. The molecule has 17 heavy (non-hydrogen) atoms. The predicted octanol–water partition coefficient (Wildman–Crippen LogP) is 4.78. The van der Waals surface area contributed by atoms with E-state index in [2.05, 4.69) is 65.0 Å². The Balaban J connectivity index is 2.74. The third-order valence-corrected chi connectivity index (χ3v) is 2.70. The van der Waals surface area contributed by atoms with Crippen LogP contribution in [0.15, 0.2) is 30.3 Å². The van der Waals surface area contributed by atoms with Crippen LogP contribution < -0.4 is 4.74 Å². The summed E-state index contributed by atoms with van der Waals surface area (Å²) in [6.45, 7) is 11.6. The van der Waals surface area contributed by atoms with E-state index in [1.165, 1.54) is 11.1 Å². The lowest BCUT2D eigenvalue weighted by molar-refractivity contribution is 0.271. The predicted molar refractivity (Wildman–Crippen MR) is 75.3 cm³/mol. The fourth-order valence-corrected chi connectivity index (χ4v) is 1.84. The van der Waals surface area contributed by atoms with Crippen molar-refractivity contribution in [2.75, 3.05) is 6.61 Å². The van der Waals surface area contributed by atoms with Gasteiger partial charge in [-0.2, -0.15) is 0 Å². The standard InChI is InChI=1S/C16H24O/c1-6-16(13(4)5)14-7-9-15(10-8-14)17-11-12(2)3/h6-10,12-13H,11H2,1-5H3. The lowest BCUT2D eigenvalue weighted by Gasteiger charge is -2.13. The average molecular weight is 232 g/mol. The Hall–Kier alpha value is -1.24. The van der Waals surface area contributed by atoms with E-state index in [1.807, 2.05) is 0 Å². The van der Waals surface area contributed by atoms with Crippen LogP contribution in [0, 0.1) is 11.8 Å². The fourth-order valence-electron chi connectivity index (χ4n) is 1.84. The van der Waals surface area contributed by atoms with E-state index in [4.69, 9.17) is 4.74 Å². The van der Waals surface area contributed by atoms with Crippen molar-refractivity contribution in [1.82, 2.24) is 0 Å². The van der Waals surface area contributed by atoms with Crippen molar-refractivity contribution in [1.29, 1.82) is 0 Å². The lowest BCUT2D eigenvalue weighted by atomic mass is 9.95. The Morgan fingerprint density at radius 3 is 2.12 bits per heavy atom. The molecule has 0 aliphatic carbocycles. The minimum absolute atomic E-state index is 0.558. The highest BCUT2D eigenvalue weighted by Crippen LogP contribution is 2.24. The van der Waals surface area contributed by atoms with Crippen molar-refractivity contribution in [3.8, 4) is 5.75 Å². The molecule has 1 aromatic carbocycles. The van der Waals surface area contributed by atoms with E-state index >= 15 is 0 Å². The van der Waals surface area contributed by atoms with Gasteiger partial charge < -0.3 is 4.74 Å². The van der Waals surface area contributed by atoms with Gasteiger partial charge in [0.1, 0.15) is 5.75 Å². The topological polar surface area (TPSA) is 9.23 Å². The van der Waals surface area contributed by atoms with Crippen LogP contribution in [0.5, 0.6) is 5.75 Å². The van der Waals surface area contributed by atoms with Crippen LogP contribution in [0.3, 0.4) is 0 Å². The zero-order chi connectivity index (χ0) is 12.8. The summed E-state index contributed by atoms with van der Waals surface area (Å²) in [6.07, 6.45) is 2.19. The molecule has 1 rings (SSSR count). The van der Waals surface area contributed by atoms with Crippen molar-refractivity contribution >= 4 is 5.57 Å². The number of benzene rings is 1. The van der Waals surface area contributed by atoms with Crippen LogP contribution in [-0.2, 0) is 0 Å². The first-order valence-corrected chi connectivity index (χ1v) is 6.44. The van der Waals surface area contributed by atoms with Gasteiger partial charge in [0.15, 0.2) is 0 Å². The van der Waals surface area contributed by atoms with E-state index in [0.29, 0.717) is 11.8 Å². The van der Waals surface area contributed by atoms with Gasteiger partial charge in [-0.1, -0.05) is 45.9 Å². The molecule has 0 bridgehead atoms. The highest BCUT2D eigenvalue weighted by atomic mass is 16.5. The molecule has 0 aromatic heterocycles. The van der Waals surface area contributed by atoms with E-state index in [1.54, 1.807) is 0 Å². The second kappa shape index (κ2) is 6.48. The van der Waals surface area contributed by atoms with Gasteiger partial charge in [0.05, 0.1) is 6.61 Å². The van der Waals surface area contributed by atoms with Gasteiger partial charge in [0.2, 0.25) is 0 Å². The summed E-state index contributed by atoms with van der Waals surface area (Å²) in [5.74, 6) is 2.08. The number of rotatable bonds is 5. The quantitative estimate of drug-likeness (QED) is 0.710. The van der Waals surface area contributed by atoms with Gasteiger partial charge in [-0.05, 0) is 42.0 Å². The van der Waals surface area contributed by atoms with Gasteiger partial charge in [-0.25, -0.2) is 0 Å². The number of hydrogen-bond acceptors (Lipinski definition) is 1. The van der Waals surface area contributed by atoms with Crippen LogP contribution in [0.25, 0.3) is 5.57 Å². The van der Waals surface area contributed by atoms with Crippen molar-refractivity contribution in [2.45, 2.75) is 34.6 Å². The SMILES string of the molecule is CC=C(c1ccc(OCC(C)C)cc1)C(C)C. The largest absolute Gasteiger partial charge is 0.493 e. The molecule has 94 valence electrons. The summed E-state index contributed by atoms with van der Waals surface area (Å²) in [5, 5.41) is 0. The second-order valence-corrected chi connectivity index (χ2v) is 5.13. The first kappa shape index (κ1) is 13.8. The van der Waals surface area contributed by atoms with Crippen LogP contribution in [0.1, 0.15) is 40.2 Å². The molecule has 1 aromatic rings. The van der Waals surface area contributed by atoms with E-state index in [-0.39, 0.29) is 0 Å². The Kier molecular flexibility index (Phi) is 5.27. The zero-order valence-corrected chi connectivity index (χ0v) is 11.7. The van der Waals surface area contributed by atoms with Crippen LogP contribution in [0.4, 0.5) is 0 Å². The summed E-state index contributed by atoms with van der Waals surface area (Å²) < 4.78 is 5.68. The molecule has 0 radical (unpaired) electrons. The Bertz CT molecular complexity index is 358. The Morgan fingerprint density at radius 1 is 1.12 bits per heavy atom. The Morgan fingerprint density at radius 2 is 1.71 bits per heavy atom.